The first-order valence-corrected chi connectivity index (χ1v) is 9.32. The lowest BCUT2D eigenvalue weighted by Gasteiger charge is -2.30. The van der Waals surface area contributed by atoms with E-state index in [9.17, 15) is 9.18 Å². The van der Waals surface area contributed by atoms with Gasteiger partial charge in [0.2, 0.25) is 0 Å². The lowest BCUT2D eigenvalue weighted by molar-refractivity contribution is 0.0914. The smallest absolute Gasteiger partial charge is 0.257 e. The number of nitrogens with two attached hydrogens (primary N) is 1. The Bertz CT molecular complexity index is 771. The summed E-state index contributed by atoms with van der Waals surface area (Å²) >= 11 is 6.13. The Morgan fingerprint density at radius 3 is 2.74 bits per heavy atom. The van der Waals surface area contributed by atoms with Crippen LogP contribution in [0, 0.1) is 18.7 Å². The molecule has 27 heavy (non-hydrogen) atoms. The number of aryl methyl sites for hydroxylation is 1. The largest absolute Gasteiger partial charge is 0.360 e. The minimum absolute atomic E-state index is 0. The van der Waals surface area contributed by atoms with Gasteiger partial charge in [-0.2, -0.15) is 0 Å². The van der Waals surface area contributed by atoms with E-state index in [0.717, 1.165) is 25.7 Å². The van der Waals surface area contributed by atoms with E-state index in [1.165, 1.54) is 18.6 Å². The second kappa shape index (κ2) is 9.53. The number of hydrogen-bond donors (Lipinski definition) is 2. The van der Waals surface area contributed by atoms with Crippen molar-refractivity contribution in [3.05, 3.63) is 40.4 Å². The second-order valence-electron chi connectivity index (χ2n) is 6.77. The van der Waals surface area contributed by atoms with E-state index in [1.807, 2.05) is 0 Å². The Morgan fingerprint density at radius 2 is 2.11 bits per heavy atom. The summed E-state index contributed by atoms with van der Waals surface area (Å²) in [5, 5.41) is 7.06. The van der Waals surface area contributed by atoms with Crippen LogP contribution in [0.2, 0.25) is 5.02 Å². The molecule has 3 rings (SSSR count). The average Bonchev–Trinajstić information content (AvgIpc) is 3.01. The standard InChI is InChI=1S/C19H23ClFN3O2.ClH/c1-11-16(18(24-26-11)17-13(20)8-5-9-14(17)21)19(25)23-15(10-22)12-6-3-2-4-7-12;/h5,8-9,12,15H,2-4,6-7,10,22H2,1H3,(H,23,25);1H. The van der Waals surface area contributed by atoms with Crippen molar-refractivity contribution in [2.24, 2.45) is 11.7 Å². The monoisotopic (exact) mass is 415 g/mol. The van der Waals surface area contributed by atoms with Gasteiger partial charge in [0.15, 0.2) is 0 Å². The molecule has 0 radical (unpaired) electrons. The van der Waals surface area contributed by atoms with Gasteiger partial charge in [-0.15, -0.1) is 12.4 Å². The summed E-state index contributed by atoms with van der Waals surface area (Å²) in [5.74, 6) is -0.240. The van der Waals surface area contributed by atoms with Gasteiger partial charge in [0.1, 0.15) is 22.8 Å². The fourth-order valence-corrected chi connectivity index (χ4v) is 3.93. The summed E-state index contributed by atoms with van der Waals surface area (Å²) in [5.41, 5.74) is 6.29. The van der Waals surface area contributed by atoms with Crippen LogP contribution in [0.3, 0.4) is 0 Å². The molecule has 1 aliphatic rings. The summed E-state index contributed by atoms with van der Waals surface area (Å²) in [6.07, 6.45) is 5.63. The van der Waals surface area contributed by atoms with Gasteiger partial charge in [-0.25, -0.2) is 4.39 Å². The SMILES string of the molecule is Cc1onc(-c2c(F)cccc2Cl)c1C(=O)NC(CN)C1CCCCC1.Cl. The number of nitrogens with one attached hydrogen (secondary N) is 1. The number of benzene rings is 1. The normalized spacial score (nSPS) is 15.9. The topological polar surface area (TPSA) is 81.2 Å². The van der Waals surface area contributed by atoms with E-state index in [0.29, 0.717) is 18.2 Å². The molecular formula is C19H24Cl2FN3O2. The molecule has 1 heterocycles. The summed E-state index contributed by atoms with van der Waals surface area (Å²) in [4.78, 5) is 12.9. The first kappa shape index (κ1) is 21.7. The van der Waals surface area contributed by atoms with Gasteiger partial charge in [0.05, 0.1) is 10.6 Å². The highest BCUT2D eigenvalue weighted by atomic mass is 35.5. The zero-order chi connectivity index (χ0) is 18.7. The number of rotatable bonds is 5. The number of carbonyl (C=O) groups excluding carboxylic acids is 1. The zero-order valence-electron chi connectivity index (χ0n) is 15.1. The van der Waals surface area contributed by atoms with Gasteiger partial charge >= 0.3 is 0 Å². The van der Waals surface area contributed by atoms with Crippen LogP contribution in [0.1, 0.15) is 48.2 Å². The molecule has 1 atom stereocenters. The van der Waals surface area contributed by atoms with E-state index >= 15 is 0 Å². The van der Waals surface area contributed by atoms with Crippen molar-refractivity contribution in [3.63, 3.8) is 0 Å². The third-order valence-corrected chi connectivity index (χ3v) is 5.39. The fourth-order valence-electron chi connectivity index (χ4n) is 3.68. The molecule has 1 fully saturated rings. The lowest BCUT2D eigenvalue weighted by atomic mass is 9.83. The van der Waals surface area contributed by atoms with Crippen LogP contribution in [0.15, 0.2) is 22.7 Å². The number of nitrogens with zero attached hydrogens (tertiary/aromatic N) is 1. The number of halogens is 3. The molecule has 5 nitrogen and oxygen atoms in total. The summed E-state index contributed by atoms with van der Waals surface area (Å²) in [6.45, 7) is 1.98. The molecule has 1 aromatic carbocycles. The van der Waals surface area contributed by atoms with Crippen molar-refractivity contribution in [2.45, 2.75) is 45.1 Å². The van der Waals surface area contributed by atoms with E-state index < -0.39 is 5.82 Å². The maximum absolute atomic E-state index is 14.3. The molecule has 3 N–H and O–H groups in total. The fraction of sp³-hybridized carbons (Fsp3) is 0.474. The van der Waals surface area contributed by atoms with Crippen molar-refractivity contribution < 1.29 is 13.7 Å². The van der Waals surface area contributed by atoms with Crippen molar-refractivity contribution in [3.8, 4) is 11.3 Å². The summed E-state index contributed by atoms with van der Waals surface area (Å²) in [6, 6.07) is 4.20. The maximum Gasteiger partial charge on any atom is 0.257 e. The molecule has 0 saturated heterocycles. The minimum Gasteiger partial charge on any atom is -0.360 e. The molecule has 0 bridgehead atoms. The predicted octanol–water partition coefficient (Wildman–Crippen LogP) is 4.50. The van der Waals surface area contributed by atoms with Crippen LogP contribution in [0.4, 0.5) is 4.39 Å². The van der Waals surface area contributed by atoms with E-state index in [2.05, 4.69) is 10.5 Å². The highest BCUT2D eigenvalue weighted by Crippen LogP contribution is 2.34. The van der Waals surface area contributed by atoms with Crippen molar-refractivity contribution in [2.75, 3.05) is 6.54 Å². The third-order valence-electron chi connectivity index (χ3n) is 5.08. The first-order chi connectivity index (χ1) is 12.5. The predicted molar refractivity (Wildman–Crippen MR) is 106 cm³/mol. The van der Waals surface area contributed by atoms with Crippen molar-refractivity contribution in [1.29, 1.82) is 0 Å². The molecule has 0 aliphatic heterocycles. The Kier molecular flexibility index (Phi) is 7.65. The average molecular weight is 416 g/mol. The van der Waals surface area contributed by atoms with Crippen LogP contribution in [-0.4, -0.2) is 23.7 Å². The second-order valence-corrected chi connectivity index (χ2v) is 7.18. The lowest BCUT2D eigenvalue weighted by Crippen LogP contribution is -2.46. The Morgan fingerprint density at radius 1 is 1.41 bits per heavy atom. The van der Waals surface area contributed by atoms with Crippen molar-refractivity contribution in [1.82, 2.24) is 10.5 Å². The van der Waals surface area contributed by atoms with Crippen molar-refractivity contribution >= 4 is 29.9 Å². The molecule has 2 aromatic rings. The van der Waals surface area contributed by atoms with Gasteiger partial charge in [0.25, 0.3) is 5.91 Å². The molecule has 0 spiro atoms. The van der Waals surface area contributed by atoms with E-state index in [4.69, 9.17) is 21.9 Å². The molecular weight excluding hydrogens is 392 g/mol. The van der Waals surface area contributed by atoms with Gasteiger partial charge in [-0.3, -0.25) is 4.79 Å². The van der Waals surface area contributed by atoms with Crippen LogP contribution < -0.4 is 11.1 Å². The summed E-state index contributed by atoms with van der Waals surface area (Å²) < 4.78 is 19.5. The third kappa shape index (κ3) is 4.62. The van der Waals surface area contributed by atoms with E-state index in [1.54, 1.807) is 13.0 Å². The van der Waals surface area contributed by atoms with Gasteiger partial charge < -0.3 is 15.6 Å². The minimum atomic E-state index is -0.553. The van der Waals surface area contributed by atoms with Gasteiger partial charge in [-0.05, 0) is 37.8 Å². The Hall–Kier alpha value is -1.63. The highest BCUT2D eigenvalue weighted by molar-refractivity contribution is 6.33. The number of hydrogen-bond acceptors (Lipinski definition) is 4. The molecule has 1 amide bonds. The molecule has 8 heteroatoms. The van der Waals surface area contributed by atoms with Gasteiger partial charge in [0, 0.05) is 12.6 Å². The quantitative estimate of drug-likeness (QED) is 0.752. The van der Waals surface area contributed by atoms with Crippen LogP contribution in [0.25, 0.3) is 11.3 Å². The molecule has 1 aliphatic carbocycles. The zero-order valence-corrected chi connectivity index (χ0v) is 16.7. The van der Waals surface area contributed by atoms with Crippen LogP contribution in [0.5, 0.6) is 0 Å². The Labute approximate surface area is 169 Å². The molecule has 148 valence electrons. The van der Waals surface area contributed by atoms with Crippen LogP contribution >= 0.6 is 24.0 Å². The highest BCUT2D eigenvalue weighted by Gasteiger charge is 2.29. The molecule has 1 saturated carbocycles. The number of carbonyl (C=O) groups is 1. The first-order valence-electron chi connectivity index (χ1n) is 8.94. The Balaban J connectivity index is 0.00000261. The number of aromatic nitrogens is 1. The van der Waals surface area contributed by atoms with Crippen LogP contribution in [-0.2, 0) is 0 Å². The number of amides is 1. The molecule has 1 aromatic heterocycles. The molecule has 1 unspecified atom stereocenters. The summed E-state index contributed by atoms with van der Waals surface area (Å²) in [7, 11) is 0. The van der Waals surface area contributed by atoms with E-state index in [-0.39, 0.29) is 46.2 Å². The van der Waals surface area contributed by atoms with Gasteiger partial charge in [-0.1, -0.05) is 42.1 Å². The maximum atomic E-state index is 14.3.